The summed E-state index contributed by atoms with van der Waals surface area (Å²) >= 11 is 0. The van der Waals surface area contributed by atoms with Gasteiger partial charge in [-0.2, -0.15) is 0 Å². The second-order valence-corrected chi connectivity index (χ2v) is 5.22. The molecule has 1 heterocycles. The Morgan fingerprint density at radius 2 is 2.06 bits per heavy atom. The standard InChI is InChI=1S/C12H19NO4/c1-8-5-6-13(9(7-8)10(14)15)11(16)17-12(2,3)4/h7,9H,5-6H2,1-4H3,(H,14,15)/t9-/m0/s1. The number of hydrogen-bond donors (Lipinski definition) is 1. The van der Waals surface area contributed by atoms with E-state index in [0.29, 0.717) is 13.0 Å². The Bertz CT molecular complexity index is 354. The predicted octanol–water partition coefficient (Wildman–Crippen LogP) is 2.03. The van der Waals surface area contributed by atoms with Crippen LogP contribution in [0.2, 0.25) is 0 Å². The number of carboxylic acids is 1. The molecule has 1 N–H and O–H groups in total. The molecule has 0 aromatic carbocycles. The zero-order chi connectivity index (χ0) is 13.2. The minimum absolute atomic E-state index is 0.383. The van der Waals surface area contributed by atoms with E-state index in [4.69, 9.17) is 9.84 Å². The molecule has 96 valence electrons. The number of aliphatic carboxylic acids is 1. The zero-order valence-corrected chi connectivity index (χ0v) is 10.7. The molecule has 0 fully saturated rings. The molecule has 0 bridgehead atoms. The highest BCUT2D eigenvalue weighted by Gasteiger charge is 2.33. The fourth-order valence-corrected chi connectivity index (χ4v) is 1.61. The van der Waals surface area contributed by atoms with Gasteiger partial charge >= 0.3 is 12.1 Å². The molecule has 0 aromatic rings. The first-order valence-corrected chi connectivity index (χ1v) is 5.60. The lowest BCUT2D eigenvalue weighted by Gasteiger charge is -2.33. The molecule has 5 heteroatoms. The van der Waals surface area contributed by atoms with Crippen molar-refractivity contribution in [2.45, 2.75) is 45.8 Å². The Balaban J connectivity index is 2.82. The van der Waals surface area contributed by atoms with Crippen molar-refractivity contribution in [2.24, 2.45) is 0 Å². The highest BCUT2D eigenvalue weighted by Crippen LogP contribution is 2.19. The first-order valence-electron chi connectivity index (χ1n) is 5.60. The number of nitrogens with zero attached hydrogens (tertiary/aromatic N) is 1. The summed E-state index contributed by atoms with van der Waals surface area (Å²) in [6.07, 6.45) is 1.70. The summed E-state index contributed by atoms with van der Waals surface area (Å²) in [5, 5.41) is 9.08. The monoisotopic (exact) mass is 241 g/mol. The van der Waals surface area contributed by atoms with Crippen LogP contribution in [0.1, 0.15) is 34.1 Å². The molecule has 1 aliphatic heterocycles. The Hall–Kier alpha value is -1.52. The van der Waals surface area contributed by atoms with Gasteiger partial charge in [-0.25, -0.2) is 9.59 Å². The molecule has 0 radical (unpaired) electrons. The lowest BCUT2D eigenvalue weighted by Crippen LogP contribution is -2.48. The fraction of sp³-hybridized carbons (Fsp3) is 0.667. The van der Waals surface area contributed by atoms with E-state index >= 15 is 0 Å². The Morgan fingerprint density at radius 3 is 2.53 bits per heavy atom. The number of carbonyl (C=O) groups excluding carboxylic acids is 1. The molecular formula is C12H19NO4. The number of ether oxygens (including phenoxy) is 1. The van der Waals surface area contributed by atoms with Crippen LogP contribution in [0.15, 0.2) is 11.6 Å². The van der Waals surface area contributed by atoms with Crippen molar-refractivity contribution in [3.05, 3.63) is 11.6 Å². The summed E-state index contributed by atoms with van der Waals surface area (Å²) in [5.74, 6) is -1.03. The average Bonchev–Trinajstić information content (AvgIpc) is 2.14. The van der Waals surface area contributed by atoms with Crippen LogP contribution in [-0.4, -0.2) is 40.3 Å². The first kappa shape index (κ1) is 13.5. The second kappa shape index (κ2) is 4.77. The van der Waals surface area contributed by atoms with E-state index in [1.807, 2.05) is 6.92 Å². The molecule has 1 atom stereocenters. The molecule has 0 saturated heterocycles. The third kappa shape index (κ3) is 3.76. The number of amides is 1. The van der Waals surface area contributed by atoms with Gasteiger partial charge in [0.25, 0.3) is 0 Å². The molecule has 0 unspecified atom stereocenters. The molecule has 0 spiro atoms. The predicted molar refractivity (Wildman–Crippen MR) is 62.7 cm³/mol. The quantitative estimate of drug-likeness (QED) is 0.713. The maximum Gasteiger partial charge on any atom is 0.411 e. The third-order valence-corrected chi connectivity index (χ3v) is 2.41. The maximum absolute atomic E-state index is 11.8. The van der Waals surface area contributed by atoms with E-state index in [2.05, 4.69) is 0 Å². The summed E-state index contributed by atoms with van der Waals surface area (Å²) in [4.78, 5) is 24.2. The van der Waals surface area contributed by atoms with Gasteiger partial charge in [-0.3, -0.25) is 4.90 Å². The Kier molecular flexibility index (Phi) is 3.80. The number of carbonyl (C=O) groups is 2. The van der Waals surface area contributed by atoms with E-state index in [1.54, 1.807) is 26.8 Å². The van der Waals surface area contributed by atoms with Crippen molar-refractivity contribution < 1.29 is 19.4 Å². The molecule has 0 aromatic heterocycles. The van der Waals surface area contributed by atoms with Crippen molar-refractivity contribution in [2.75, 3.05) is 6.54 Å². The molecule has 17 heavy (non-hydrogen) atoms. The molecule has 5 nitrogen and oxygen atoms in total. The van der Waals surface area contributed by atoms with E-state index in [9.17, 15) is 9.59 Å². The maximum atomic E-state index is 11.8. The van der Waals surface area contributed by atoms with Crippen molar-refractivity contribution in [3.63, 3.8) is 0 Å². The van der Waals surface area contributed by atoms with Crippen molar-refractivity contribution in [1.29, 1.82) is 0 Å². The van der Waals surface area contributed by atoms with Crippen LogP contribution < -0.4 is 0 Å². The van der Waals surface area contributed by atoms with Gasteiger partial charge in [0.15, 0.2) is 6.04 Å². The summed E-state index contributed by atoms with van der Waals surface area (Å²) in [7, 11) is 0. The van der Waals surface area contributed by atoms with Gasteiger partial charge < -0.3 is 9.84 Å². The van der Waals surface area contributed by atoms with Gasteiger partial charge in [-0.1, -0.05) is 11.6 Å². The summed E-state index contributed by atoms with van der Waals surface area (Å²) in [5.41, 5.74) is 0.369. The van der Waals surface area contributed by atoms with E-state index in [-0.39, 0.29) is 0 Å². The lowest BCUT2D eigenvalue weighted by atomic mass is 10.0. The number of hydrogen-bond acceptors (Lipinski definition) is 3. The third-order valence-electron chi connectivity index (χ3n) is 2.41. The lowest BCUT2D eigenvalue weighted by molar-refractivity contribution is -0.141. The van der Waals surface area contributed by atoms with E-state index in [0.717, 1.165) is 5.57 Å². The highest BCUT2D eigenvalue weighted by molar-refractivity contribution is 5.82. The first-order chi connectivity index (χ1) is 7.70. The fourth-order valence-electron chi connectivity index (χ4n) is 1.61. The van der Waals surface area contributed by atoms with Crippen LogP contribution in [0.25, 0.3) is 0 Å². The Labute approximate surface area is 101 Å². The average molecular weight is 241 g/mol. The smallest absolute Gasteiger partial charge is 0.411 e. The van der Waals surface area contributed by atoms with Crippen LogP contribution in [0.4, 0.5) is 4.79 Å². The van der Waals surface area contributed by atoms with Gasteiger partial charge in [-0.15, -0.1) is 0 Å². The molecule has 0 aliphatic carbocycles. The van der Waals surface area contributed by atoms with Gasteiger partial charge in [0.05, 0.1) is 0 Å². The van der Waals surface area contributed by atoms with E-state index in [1.165, 1.54) is 4.90 Å². The highest BCUT2D eigenvalue weighted by atomic mass is 16.6. The minimum atomic E-state index is -1.03. The largest absolute Gasteiger partial charge is 0.479 e. The van der Waals surface area contributed by atoms with E-state index < -0.39 is 23.7 Å². The molecular weight excluding hydrogens is 222 g/mol. The SMILES string of the molecule is CC1=C[C@@H](C(=O)O)N(C(=O)OC(C)(C)C)CC1. The number of rotatable bonds is 1. The molecule has 1 amide bonds. The number of carboxylic acid groups (broad SMARTS) is 1. The summed E-state index contributed by atoms with van der Waals surface area (Å²) < 4.78 is 5.19. The molecule has 1 rings (SSSR count). The van der Waals surface area contributed by atoms with Crippen LogP contribution in [0.5, 0.6) is 0 Å². The van der Waals surface area contributed by atoms with Crippen LogP contribution in [-0.2, 0) is 9.53 Å². The van der Waals surface area contributed by atoms with Crippen LogP contribution in [0, 0.1) is 0 Å². The molecule has 0 saturated carbocycles. The summed E-state index contributed by atoms with van der Waals surface area (Å²) in [6.45, 7) is 7.51. The van der Waals surface area contributed by atoms with Crippen molar-refractivity contribution >= 4 is 12.1 Å². The second-order valence-electron chi connectivity index (χ2n) is 5.22. The van der Waals surface area contributed by atoms with Crippen LogP contribution >= 0.6 is 0 Å². The van der Waals surface area contributed by atoms with Crippen molar-refractivity contribution in [3.8, 4) is 0 Å². The Morgan fingerprint density at radius 1 is 1.47 bits per heavy atom. The van der Waals surface area contributed by atoms with Gasteiger partial charge in [0.2, 0.25) is 0 Å². The minimum Gasteiger partial charge on any atom is -0.479 e. The van der Waals surface area contributed by atoms with Gasteiger partial charge in [0, 0.05) is 6.54 Å². The summed E-state index contributed by atoms with van der Waals surface area (Å²) in [6, 6.07) is -0.918. The normalized spacial score (nSPS) is 20.8. The van der Waals surface area contributed by atoms with Crippen LogP contribution in [0.3, 0.4) is 0 Å². The zero-order valence-electron chi connectivity index (χ0n) is 10.7. The van der Waals surface area contributed by atoms with Crippen molar-refractivity contribution in [1.82, 2.24) is 4.90 Å². The molecule has 1 aliphatic rings. The topological polar surface area (TPSA) is 66.8 Å². The van der Waals surface area contributed by atoms with Gasteiger partial charge in [0.1, 0.15) is 5.60 Å². The van der Waals surface area contributed by atoms with Gasteiger partial charge in [-0.05, 0) is 34.1 Å².